The van der Waals surface area contributed by atoms with E-state index in [-0.39, 0.29) is 16.8 Å². The minimum atomic E-state index is -4.84. The molecule has 0 spiro atoms. The van der Waals surface area contributed by atoms with Gasteiger partial charge >= 0.3 is 12.1 Å². The second-order valence-electron chi connectivity index (χ2n) is 4.50. The Bertz CT molecular complexity index is 772. The van der Waals surface area contributed by atoms with E-state index in [1.165, 1.54) is 24.3 Å². The lowest BCUT2D eigenvalue weighted by Crippen LogP contribution is -2.17. The van der Waals surface area contributed by atoms with Crippen molar-refractivity contribution >= 4 is 17.6 Å². The smallest absolute Gasteiger partial charge is 0.419 e. The monoisotopic (exact) mass is 327 g/mol. The van der Waals surface area contributed by atoms with Crippen LogP contribution in [0.25, 0.3) is 0 Å². The van der Waals surface area contributed by atoms with Gasteiger partial charge in [0.25, 0.3) is 5.91 Å². The summed E-state index contributed by atoms with van der Waals surface area (Å²) in [7, 11) is 0. The molecule has 0 saturated heterocycles. The van der Waals surface area contributed by atoms with Gasteiger partial charge in [0.15, 0.2) is 0 Å². The van der Waals surface area contributed by atoms with Gasteiger partial charge in [0.1, 0.15) is 5.82 Å². The number of carbonyl (C=O) groups is 2. The van der Waals surface area contributed by atoms with Crippen molar-refractivity contribution in [1.82, 2.24) is 0 Å². The molecule has 23 heavy (non-hydrogen) atoms. The first-order valence-corrected chi connectivity index (χ1v) is 6.20. The highest BCUT2D eigenvalue weighted by molar-refractivity contribution is 6.10. The van der Waals surface area contributed by atoms with Crippen molar-refractivity contribution < 1.29 is 32.3 Å². The number of hydrogen-bond acceptors (Lipinski definition) is 2. The number of carboxylic acids is 1. The first-order chi connectivity index (χ1) is 10.7. The third-order valence-corrected chi connectivity index (χ3v) is 2.93. The van der Waals surface area contributed by atoms with Crippen LogP contribution in [0.3, 0.4) is 0 Å². The molecular weight excluding hydrogens is 318 g/mol. The molecule has 0 aromatic heterocycles. The summed E-state index contributed by atoms with van der Waals surface area (Å²) in [5.74, 6) is -3.75. The highest BCUT2D eigenvalue weighted by atomic mass is 19.4. The van der Waals surface area contributed by atoms with E-state index in [4.69, 9.17) is 5.11 Å². The minimum Gasteiger partial charge on any atom is -0.478 e. The lowest BCUT2D eigenvalue weighted by atomic mass is 10.1. The fraction of sp³-hybridized carbons (Fsp3) is 0.0667. The number of alkyl halides is 3. The highest BCUT2D eigenvalue weighted by Gasteiger charge is 2.34. The molecule has 4 nitrogen and oxygen atoms in total. The second-order valence-corrected chi connectivity index (χ2v) is 4.50. The quantitative estimate of drug-likeness (QED) is 0.843. The fourth-order valence-electron chi connectivity index (χ4n) is 1.89. The van der Waals surface area contributed by atoms with Crippen LogP contribution < -0.4 is 5.32 Å². The van der Waals surface area contributed by atoms with Crippen LogP contribution in [0.2, 0.25) is 0 Å². The number of rotatable bonds is 3. The number of halogens is 4. The summed E-state index contributed by atoms with van der Waals surface area (Å²) in [6.45, 7) is 0. The molecule has 2 aromatic rings. The van der Waals surface area contributed by atoms with Gasteiger partial charge in [0.2, 0.25) is 0 Å². The summed E-state index contributed by atoms with van der Waals surface area (Å²) < 4.78 is 50.8. The summed E-state index contributed by atoms with van der Waals surface area (Å²) in [5.41, 5.74) is -2.15. The van der Waals surface area contributed by atoms with Gasteiger partial charge in [-0.25, -0.2) is 9.18 Å². The minimum absolute atomic E-state index is 0.194. The van der Waals surface area contributed by atoms with Gasteiger partial charge in [-0.3, -0.25) is 4.79 Å². The van der Waals surface area contributed by atoms with Crippen LogP contribution in [0.5, 0.6) is 0 Å². The number of carboxylic acid groups (broad SMARTS) is 1. The third-order valence-electron chi connectivity index (χ3n) is 2.93. The summed E-state index contributed by atoms with van der Waals surface area (Å²) >= 11 is 0. The first-order valence-electron chi connectivity index (χ1n) is 6.20. The van der Waals surface area contributed by atoms with Crippen LogP contribution in [0, 0.1) is 5.82 Å². The first kappa shape index (κ1) is 16.5. The maximum absolute atomic E-state index is 13.4. The Morgan fingerprint density at radius 1 is 1.00 bits per heavy atom. The molecule has 0 aliphatic carbocycles. The van der Waals surface area contributed by atoms with Crippen LogP contribution >= 0.6 is 0 Å². The second kappa shape index (κ2) is 6.07. The molecule has 2 aromatic carbocycles. The van der Waals surface area contributed by atoms with E-state index >= 15 is 0 Å². The Hall–Kier alpha value is -2.90. The molecule has 0 aliphatic rings. The Balaban J connectivity index is 2.28. The number of aromatic carboxylic acids is 1. The molecule has 0 bridgehead atoms. The van der Waals surface area contributed by atoms with Gasteiger partial charge in [-0.15, -0.1) is 0 Å². The van der Waals surface area contributed by atoms with Crippen LogP contribution in [-0.4, -0.2) is 17.0 Å². The number of amides is 1. The van der Waals surface area contributed by atoms with Gasteiger partial charge < -0.3 is 10.4 Å². The lowest BCUT2D eigenvalue weighted by molar-refractivity contribution is -0.139. The molecular formula is C15H9F4NO3. The summed E-state index contributed by atoms with van der Waals surface area (Å²) in [6, 6.07) is 7.17. The number of nitrogens with one attached hydrogen (secondary N) is 1. The van der Waals surface area contributed by atoms with Crippen molar-refractivity contribution in [1.29, 1.82) is 0 Å². The molecule has 2 rings (SSSR count). The fourth-order valence-corrected chi connectivity index (χ4v) is 1.89. The predicted molar refractivity (Wildman–Crippen MR) is 72.8 cm³/mol. The van der Waals surface area contributed by atoms with Gasteiger partial charge in [0.05, 0.1) is 16.7 Å². The van der Waals surface area contributed by atoms with E-state index in [9.17, 15) is 27.2 Å². The molecule has 0 saturated carbocycles. The molecule has 2 N–H and O–H groups in total. The van der Waals surface area contributed by atoms with E-state index in [0.717, 1.165) is 6.07 Å². The number of hydrogen-bond donors (Lipinski definition) is 2. The van der Waals surface area contributed by atoms with Crippen molar-refractivity contribution in [3.8, 4) is 0 Å². The van der Waals surface area contributed by atoms with Crippen molar-refractivity contribution in [2.24, 2.45) is 0 Å². The van der Waals surface area contributed by atoms with Gasteiger partial charge in [-0.05, 0) is 30.3 Å². The Morgan fingerprint density at radius 2 is 1.61 bits per heavy atom. The maximum atomic E-state index is 13.4. The maximum Gasteiger partial charge on any atom is 0.419 e. The zero-order valence-corrected chi connectivity index (χ0v) is 11.3. The van der Waals surface area contributed by atoms with Crippen molar-refractivity contribution in [2.45, 2.75) is 6.18 Å². The summed E-state index contributed by atoms with van der Waals surface area (Å²) in [6.07, 6.45) is -4.84. The van der Waals surface area contributed by atoms with Gasteiger partial charge in [0, 0.05) is 5.69 Å². The van der Waals surface area contributed by atoms with Crippen LogP contribution in [0.1, 0.15) is 26.3 Å². The SMILES string of the molecule is O=C(O)c1ccccc1C(=O)Nc1ccc(C(F)(F)F)c(F)c1. The molecule has 120 valence electrons. The standard InChI is InChI=1S/C15H9F4NO3/c16-12-7-8(5-6-11(12)15(17,18)19)20-13(21)9-3-1-2-4-10(9)14(22)23/h1-7H,(H,20,21)(H,22,23). The molecule has 0 atom stereocenters. The largest absolute Gasteiger partial charge is 0.478 e. The Kier molecular flexibility index (Phi) is 4.35. The van der Waals surface area contributed by atoms with E-state index in [0.29, 0.717) is 12.1 Å². The Labute approximate surface area is 127 Å². The topological polar surface area (TPSA) is 66.4 Å². The molecule has 0 fully saturated rings. The van der Waals surface area contributed by atoms with Gasteiger partial charge in [-0.2, -0.15) is 13.2 Å². The van der Waals surface area contributed by atoms with E-state index in [2.05, 4.69) is 5.32 Å². The van der Waals surface area contributed by atoms with Crippen LogP contribution in [0.4, 0.5) is 23.2 Å². The zero-order valence-electron chi connectivity index (χ0n) is 11.3. The van der Waals surface area contributed by atoms with Crippen molar-refractivity contribution in [2.75, 3.05) is 5.32 Å². The molecule has 0 unspecified atom stereocenters. The Morgan fingerprint density at radius 3 is 2.13 bits per heavy atom. The summed E-state index contributed by atoms with van der Waals surface area (Å²) in [5, 5.41) is 11.1. The van der Waals surface area contributed by atoms with Crippen LogP contribution in [-0.2, 0) is 6.18 Å². The van der Waals surface area contributed by atoms with Gasteiger partial charge in [-0.1, -0.05) is 12.1 Å². The number of carbonyl (C=O) groups excluding carboxylic acids is 1. The zero-order chi connectivity index (χ0) is 17.2. The molecule has 0 heterocycles. The van der Waals surface area contributed by atoms with E-state index in [1.807, 2.05) is 0 Å². The van der Waals surface area contributed by atoms with E-state index < -0.39 is 29.4 Å². The predicted octanol–water partition coefficient (Wildman–Crippen LogP) is 3.80. The average molecular weight is 327 g/mol. The van der Waals surface area contributed by atoms with Crippen molar-refractivity contribution in [3.63, 3.8) is 0 Å². The van der Waals surface area contributed by atoms with Crippen molar-refractivity contribution in [3.05, 3.63) is 65.0 Å². The van der Waals surface area contributed by atoms with E-state index in [1.54, 1.807) is 0 Å². The lowest BCUT2D eigenvalue weighted by Gasteiger charge is -2.11. The number of anilines is 1. The molecule has 0 aliphatic heterocycles. The molecule has 0 radical (unpaired) electrons. The highest BCUT2D eigenvalue weighted by Crippen LogP contribution is 2.32. The van der Waals surface area contributed by atoms with Crippen LogP contribution in [0.15, 0.2) is 42.5 Å². The summed E-state index contributed by atoms with van der Waals surface area (Å²) in [4.78, 5) is 23.0. The molecule has 8 heteroatoms. The third kappa shape index (κ3) is 3.65. The average Bonchev–Trinajstić information content (AvgIpc) is 2.45. The number of benzene rings is 2. The normalized spacial score (nSPS) is 11.1. The molecule has 1 amide bonds.